The van der Waals surface area contributed by atoms with Crippen LogP contribution in [0.5, 0.6) is 0 Å². The molecule has 0 radical (unpaired) electrons. The highest BCUT2D eigenvalue weighted by Crippen LogP contribution is 2.18. The van der Waals surface area contributed by atoms with Crippen LogP contribution < -0.4 is 11.3 Å². The highest BCUT2D eigenvalue weighted by atomic mass is 32.1. The molecule has 0 fully saturated rings. The highest BCUT2D eigenvalue weighted by molar-refractivity contribution is 7.14. The van der Waals surface area contributed by atoms with Gasteiger partial charge in [0.1, 0.15) is 0 Å². The molecule has 1 aromatic rings. The molecule has 0 spiro atoms. The molecule has 0 aromatic carbocycles. The molecule has 0 aliphatic carbocycles. The molecule has 0 bridgehead atoms. The average molecular weight is 227 g/mol. The van der Waals surface area contributed by atoms with Gasteiger partial charge in [0.2, 0.25) is 0 Å². The number of hydrogen-bond donors (Lipinski definition) is 2. The van der Waals surface area contributed by atoms with Crippen LogP contribution in [0.25, 0.3) is 0 Å². The number of amides is 1. The predicted octanol–water partition coefficient (Wildman–Crippen LogP) is 1.19. The highest BCUT2D eigenvalue weighted by Gasteiger charge is 2.10. The minimum Gasteiger partial charge on any atom is -0.299 e. The summed E-state index contributed by atoms with van der Waals surface area (Å²) in [5, 5.41) is 0. The first-order valence-electron chi connectivity index (χ1n) is 4.84. The van der Waals surface area contributed by atoms with Crippen LogP contribution in [0.2, 0.25) is 0 Å². The van der Waals surface area contributed by atoms with Crippen molar-refractivity contribution < 1.29 is 4.79 Å². The number of nitrogens with two attached hydrogens (primary N) is 1. The van der Waals surface area contributed by atoms with Crippen molar-refractivity contribution >= 4 is 17.2 Å². The fourth-order valence-corrected chi connectivity index (χ4v) is 2.06. The standard InChI is InChI=1S/C10H17N3OS/c1-7(2)13(3)6-8-4-5-9(15-8)10(14)12-11/h4-5,7H,6,11H2,1-3H3,(H,12,14). The number of carbonyl (C=O) groups excluding carboxylic acids is 1. The van der Waals surface area contributed by atoms with E-state index >= 15 is 0 Å². The Morgan fingerprint density at radius 3 is 2.80 bits per heavy atom. The molecule has 0 unspecified atom stereocenters. The summed E-state index contributed by atoms with van der Waals surface area (Å²) in [7, 11) is 2.06. The zero-order valence-corrected chi connectivity index (χ0v) is 10.1. The lowest BCUT2D eigenvalue weighted by Gasteiger charge is -2.19. The second-order valence-electron chi connectivity index (χ2n) is 3.75. The first kappa shape index (κ1) is 12.2. The normalized spacial score (nSPS) is 11.1. The van der Waals surface area contributed by atoms with Gasteiger partial charge in [-0.15, -0.1) is 11.3 Å². The van der Waals surface area contributed by atoms with Crippen molar-refractivity contribution in [1.82, 2.24) is 10.3 Å². The number of carbonyl (C=O) groups is 1. The number of thiophene rings is 1. The summed E-state index contributed by atoms with van der Waals surface area (Å²) in [6.45, 7) is 5.14. The van der Waals surface area contributed by atoms with E-state index in [0.29, 0.717) is 10.9 Å². The minimum atomic E-state index is -0.224. The average Bonchev–Trinajstić information content (AvgIpc) is 2.65. The summed E-state index contributed by atoms with van der Waals surface area (Å²) in [4.78, 5) is 15.3. The molecular formula is C10H17N3OS. The van der Waals surface area contributed by atoms with E-state index in [1.165, 1.54) is 16.2 Å². The first-order valence-corrected chi connectivity index (χ1v) is 5.66. The van der Waals surface area contributed by atoms with E-state index in [1.54, 1.807) is 6.07 Å². The summed E-state index contributed by atoms with van der Waals surface area (Å²) >= 11 is 1.48. The zero-order valence-electron chi connectivity index (χ0n) is 9.28. The molecular weight excluding hydrogens is 210 g/mol. The molecule has 3 N–H and O–H groups in total. The number of nitrogen functional groups attached to an aromatic ring is 1. The van der Waals surface area contributed by atoms with E-state index in [2.05, 4.69) is 31.2 Å². The fraction of sp³-hybridized carbons (Fsp3) is 0.500. The SMILES string of the molecule is CC(C)N(C)Cc1ccc(C(=O)NN)s1. The van der Waals surface area contributed by atoms with Crippen molar-refractivity contribution in [3.05, 3.63) is 21.9 Å². The Morgan fingerprint density at radius 1 is 1.60 bits per heavy atom. The van der Waals surface area contributed by atoms with E-state index < -0.39 is 0 Å². The molecule has 1 heterocycles. The van der Waals surface area contributed by atoms with E-state index in [1.807, 2.05) is 6.07 Å². The Labute approximate surface area is 94.0 Å². The van der Waals surface area contributed by atoms with Gasteiger partial charge >= 0.3 is 0 Å². The van der Waals surface area contributed by atoms with Crippen molar-refractivity contribution in [3.8, 4) is 0 Å². The van der Waals surface area contributed by atoms with Gasteiger partial charge in [0, 0.05) is 17.5 Å². The van der Waals surface area contributed by atoms with Crippen molar-refractivity contribution in [2.45, 2.75) is 26.4 Å². The smallest absolute Gasteiger partial charge is 0.275 e. The Balaban J connectivity index is 2.64. The third kappa shape index (κ3) is 3.30. The van der Waals surface area contributed by atoms with E-state index in [9.17, 15) is 4.79 Å². The van der Waals surface area contributed by atoms with Crippen LogP contribution in [0.3, 0.4) is 0 Å². The Morgan fingerprint density at radius 2 is 2.27 bits per heavy atom. The van der Waals surface area contributed by atoms with Crippen LogP contribution in [-0.2, 0) is 6.54 Å². The van der Waals surface area contributed by atoms with E-state index in [-0.39, 0.29) is 5.91 Å². The Hall–Kier alpha value is -0.910. The van der Waals surface area contributed by atoms with Crippen LogP contribution in [0, 0.1) is 0 Å². The first-order chi connectivity index (χ1) is 7.04. The molecule has 5 heteroatoms. The maximum Gasteiger partial charge on any atom is 0.275 e. The van der Waals surface area contributed by atoms with Gasteiger partial charge in [0.15, 0.2) is 0 Å². The topological polar surface area (TPSA) is 58.4 Å². The summed E-state index contributed by atoms with van der Waals surface area (Å²) in [6, 6.07) is 4.27. The number of nitrogens with one attached hydrogen (secondary N) is 1. The van der Waals surface area contributed by atoms with Gasteiger partial charge in [0.25, 0.3) is 5.91 Å². The van der Waals surface area contributed by atoms with E-state index in [0.717, 1.165) is 6.54 Å². The molecule has 0 aliphatic heterocycles. The lowest BCUT2D eigenvalue weighted by Crippen LogP contribution is -2.29. The minimum absolute atomic E-state index is 0.224. The largest absolute Gasteiger partial charge is 0.299 e. The molecule has 1 rings (SSSR count). The quantitative estimate of drug-likeness (QED) is 0.461. The van der Waals surface area contributed by atoms with Crippen LogP contribution in [-0.4, -0.2) is 23.9 Å². The summed E-state index contributed by atoms with van der Waals surface area (Å²) in [5.41, 5.74) is 2.13. The second-order valence-corrected chi connectivity index (χ2v) is 4.92. The molecule has 0 saturated carbocycles. The number of hydrogen-bond acceptors (Lipinski definition) is 4. The van der Waals surface area contributed by atoms with Gasteiger partial charge in [0.05, 0.1) is 4.88 Å². The zero-order chi connectivity index (χ0) is 11.4. The van der Waals surface area contributed by atoms with Crippen LogP contribution in [0.1, 0.15) is 28.4 Å². The molecule has 0 aliphatic rings. The van der Waals surface area contributed by atoms with Crippen molar-refractivity contribution in [2.75, 3.05) is 7.05 Å². The summed E-state index contributed by atoms with van der Waals surface area (Å²) < 4.78 is 0. The van der Waals surface area contributed by atoms with Crippen LogP contribution in [0.4, 0.5) is 0 Å². The molecule has 1 aromatic heterocycles. The number of rotatable bonds is 4. The molecule has 4 nitrogen and oxygen atoms in total. The lowest BCUT2D eigenvalue weighted by molar-refractivity contribution is 0.0957. The van der Waals surface area contributed by atoms with Crippen molar-refractivity contribution in [2.24, 2.45) is 5.84 Å². The van der Waals surface area contributed by atoms with Crippen molar-refractivity contribution in [3.63, 3.8) is 0 Å². The third-order valence-electron chi connectivity index (χ3n) is 2.30. The van der Waals surface area contributed by atoms with Crippen LogP contribution >= 0.6 is 11.3 Å². The van der Waals surface area contributed by atoms with Gasteiger partial charge in [-0.3, -0.25) is 15.1 Å². The number of nitrogens with zero attached hydrogens (tertiary/aromatic N) is 1. The number of hydrazine groups is 1. The van der Waals surface area contributed by atoms with Crippen LogP contribution in [0.15, 0.2) is 12.1 Å². The second kappa shape index (κ2) is 5.25. The van der Waals surface area contributed by atoms with Crippen molar-refractivity contribution in [1.29, 1.82) is 0 Å². The van der Waals surface area contributed by atoms with E-state index in [4.69, 9.17) is 5.84 Å². The third-order valence-corrected chi connectivity index (χ3v) is 3.37. The van der Waals surface area contributed by atoms with Gasteiger partial charge in [-0.1, -0.05) is 0 Å². The predicted molar refractivity (Wildman–Crippen MR) is 62.6 cm³/mol. The molecule has 0 atom stereocenters. The Kier molecular flexibility index (Phi) is 4.26. The van der Waals surface area contributed by atoms with Gasteiger partial charge < -0.3 is 0 Å². The van der Waals surface area contributed by atoms with Gasteiger partial charge in [-0.2, -0.15) is 0 Å². The fourth-order valence-electron chi connectivity index (χ4n) is 1.08. The molecule has 15 heavy (non-hydrogen) atoms. The molecule has 0 saturated heterocycles. The maximum absolute atomic E-state index is 11.2. The molecule has 84 valence electrons. The van der Waals surface area contributed by atoms with Gasteiger partial charge in [-0.05, 0) is 33.0 Å². The summed E-state index contributed by atoms with van der Waals surface area (Å²) in [6.07, 6.45) is 0. The maximum atomic E-state index is 11.2. The van der Waals surface area contributed by atoms with Gasteiger partial charge in [-0.25, -0.2) is 5.84 Å². The monoisotopic (exact) mass is 227 g/mol. The summed E-state index contributed by atoms with van der Waals surface area (Å²) in [5.74, 6) is 4.84. The molecule has 1 amide bonds. The Bertz CT molecular complexity index is 335. The lowest BCUT2D eigenvalue weighted by atomic mass is 10.3.